The predicted molar refractivity (Wildman–Crippen MR) is 73.6 cm³/mol. The molecule has 0 aromatic carbocycles. The molecule has 104 valence electrons. The number of rotatable bonds is 5. The molecule has 0 atom stereocenters. The van der Waals surface area contributed by atoms with Crippen LogP contribution in [-0.4, -0.2) is 18.0 Å². The molecule has 0 amide bonds. The lowest BCUT2D eigenvalue weighted by atomic mass is 9.75. The molecule has 2 aliphatic carbocycles. The average molecular weight is 252 g/mol. The molecule has 2 saturated carbocycles. The first-order valence-corrected chi connectivity index (χ1v) is 7.90. The molecule has 0 spiro atoms. The molecule has 0 heterocycles. The third-order valence-electron chi connectivity index (χ3n) is 5.08. The number of hydrogen-bond acceptors (Lipinski definition) is 2. The zero-order valence-electron chi connectivity index (χ0n) is 12.0. The second-order valence-electron chi connectivity index (χ2n) is 6.12. The topological polar surface area (TPSA) is 26.3 Å². The van der Waals surface area contributed by atoms with Crippen LogP contribution in [0.3, 0.4) is 0 Å². The smallest absolute Gasteiger partial charge is 0.167 e. The number of ketones is 1. The first-order chi connectivity index (χ1) is 8.72. The Morgan fingerprint density at radius 1 is 1.11 bits per heavy atom. The van der Waals surface area contributed by atoms with Gasteiger partial charge in [-0.3, -0.25) is 4.79 Å². The minimum Gasteiger partial charge on any atom is -0.367 e. The fourth-order valence-electron chi connectivity index (χ4n) is 3.89. The van der Waals surface area contributed by atoms with Crippen LogP contribution in [0.4, 0.5) is 0 Å². The first-order valence-electron chi connectivity index (χ1n) is 7.90. The predicted octanol–water partition coefficient (Wildman–Crippen LogP) is 4.12. The van der Waals surface area contributed by atoms with E-state index in [1.807, 2.05) is 6.92 Å². The van der Waals surface area contributed by atoms with Gasteiger partial charge in [-0.1, -0.05) is 13.3 Å². The molecule has 0 bridgehead atoms. The second-order valence-corrected chi connectivity index (χ2v) is 6.12. The van der Waals surface area contributed by atoms with Crippen molar-refractivity contribution in [2.75, 3.05) is 6.61 Å². The van der Waals surface area contributed by atoms with Gasteiger partial charge in [0.05, 0.1) is 0 Å². The maximum atomic E-state index is 12.8. The van der Waals surface area contributed by atoms with E-state index in [4.69, 9.17) is 4.74 Å². The summed E-state index contributed by atoms with van der Waals surface area (Å²) in [5.74, 6) is 1.59. The number of hydrogen-bond donors (Lipinski definition) is 0. The first kappa shape index (κ1) is 14.0. The quantitative estimate of drug-likeness (QED) is 0.735. The molecule has 2 nitrogen and oxygen atoms in total. The summed E-state index contributed by atoms with van der Waals surface area (Å²) in [7, 11) is 0. The van der Waals surface area contributed by atoms with E-state index in [9.17, 15) is 4.79 Å². The minimum atomic E-state index is -0.390. The SMILES string of the molecule is CCOC1(C(=O)C2CCC(CC)CC2)CCCC1. The molecule has 0 aliphatic heterocycles. The van der Waals surface area contributed by atoms with Crippen LogP contribution in [0.1, 0.15) is 71.6 Å². The summed E-state index contributed by atoms with van der Waals surface area (Å²) in [6.45, 7) is 4.96. The molecule has 0 aromatic rings. The maximum Gasteiger partial charge on any atom is 0.167 e. The standard InChI is InChI=1S/C16H28O2/c1-3-13-7-9-14(10-8-13)15(17)16(18-4-2)11-5-6-12-16/h13-14H,3-12H2,1-2H3. The van der Waals surface area contributed by atoms with Gasteiger partial charge < -0.3 is 4.74 Å². The van der Waals surface area contributed by atoms with Crippen LogP contribution in [-0.2, 0) is 9.53 Å². The van der Waals surface area contributed by atoms with Gasteiger partial charge in [-0.2, -0.15) is 0 Å². The third kappa shape index (κ3) is 2.79. The van der Waals surface area contributed by atoms with E-state index in [0.29, 0.717) is 12.4 Å². The van der Waals surface area contributed by atoms with E-state index < -0.39 is 5.60 Å². The summed E-state index contributed by atoms with van der Waals surface area (Å²) in [5, 5.41) is 0. The number of carbonyl (C=O) groups excluding carboxylic acids is 1. The van der Waals surface area contributed by atoms with Gasteiger partial charge in [-0.05, 0) is 64.2 Å². The molecule has 0 aromatic heterocycles. The average Bonchev–Trinajstić information content (AvgIpc) is 2.88. The largest absolute Gasteiger partial charge is 0.367 e. The van der Waals surface area contributed by atoms with E-state index in [1.165, 1.54) is 19.3 Å². The number of carbonyl (C=O) groups is 1. The third-order valence-corrected chi connectivity index (χ3v) is 5.08. The normalized spacial score (nSPS) is 31.4. The van der Waals surface area contributed by atoms with E-state index in [0.717, 1.165) is 44.4 Å². The summed E-state index contributed by atoms with van der Waals surface area (Å²) >= 11 is 0. The van der Waals surface area contributed by atoms with Gasteiger partial charge in [0, 0.05) is 12.5 Å². The molecule has 2 aliphatic rings. The summed E-state index contributed by atoms with van der Waals surface area (Å²) < 4.78 is 5.91. The van der Waals surface area contributed by atoms with Crippen molar-refractivity contribution in [1.29, 1.82) is 0 Å². The zero-order valence-corrected chi connectivity index (χ0v) is 12.0. The van der Waals surface area contributed by atoms with Crippen molar-refractivity contribution in [2.45, 2.75) is 77.2 Å². The minimum absolute atomic E-state index is 0.289. The lowest BCUT2D eigenvalue weighted by Crippen LogP contribution is -2.43. The van der Waals surface area contributed by atoms with Crippen molar-refractivity contribution < 1.29 is 9.53 Å². The highest BCUT2D eigenvalue weighted by Gasteiger charge is 2.45. The summed E-state index contributed by atoms with van der Waals surface area (Å²) in [6, 6.07) is 0. The summed E-state index contributed by atoms with van der Waals surface area (Å²) in [5.41, 5.74) is -0.390. The highest BCUT2D eigenvalue weighted by Crippen LogP contribution is 2.40. The monoisotopic (exact) mass is 252 g/mol. The molecule has 2 fully saturated rings. The maximum absolute atomic E-state index is 12.8. The van der Waals surface area contributed by atoms with Crippen LogP contribution in [0, 0.1) is 11.8 Å². The van der Waals surface area contributed by atoms with Crippen LogP contribution >= 0.6 is 0 Å². The zero-order chi connectivity index (χ0) is 13.0. The lowest BCUT2D eigenvalue weighted by Gasteiger charge is -2.34. The molecule has 0 saturated heterocycles. The van der Waals surface area contributed by atoms with Gasteiger partial charge >= 0.3 is 0 Å². The molecule has 0 radical (unpaired) electrons. The van der Waals surface area contributed by atoms with Crippen LogP contribution in [0.2, 0.25) is 0 Å². The lowest BCUT2D eigenvalue weighted by molar-refractivity contribution is -0.149. The van der Waals surface area contributed by atoms with Crippen LogP contribution in [0.25, 0.3) is 0 Å². The molecule has 0 N–H and O–H groups in total. The fraction of sp³-hybridized carbons (Fsp3) is 0.938. The highest BCUT2D eigenvalue weighted by atomic mass is 16.5. The molecule has 18 heavy (non-hydrogen) atoms. The van der Waals surface area contributed by atoms with Crippen molar-refractivity contribution in [3.63, 3.8) is 0 Å². The van der Waals surface area contributed by atoms with E-state index in [2.05, 4.69) is 6.92 Å². The Labute approximate surface area is 111 Å². The van der Waals surface area contributed by atoms with Crippen LogP contribution in [0.5, 0.6) is 0 Å². The van der Waals surface area contributed by atoms with Crippen molar-refractivity contribution in [1.82, 2.24) is 0 Å². The molecular formula is C16H28O2. The Balaban J connectivity index is 1.97. The second kappa shape index (κ2) is 6.18. The molecule has 0 unspecified atom stereocenters. The molecule has 2 heteroatoms. The Kier molecular flexibility index (Phi) is 4.83. The van der Waals surface area contributed by atoms with E-state index in [-0.39, 0.29) is 5.92 Å². The summed E-state index contributed by atoms with van der Waals surface area (Å²) in [6.07, 6.45) is 10.2. The fourth-order valence-corrected chi connectivity index (χ4v) is 3.89. The van der Waals surface area contributed by atoms with Gasteiger partial charge in [-0.25, -0.2) is 0 Å². The van der Waals surface area contributed by atoms with Crippen LogP contribution < -0.4 is 0 Å². The molecular weight excluding hydrogens is 224 g/mol. The van der Waals surface area contributed by atoms with E-state index in [1.54, 1.807) is 0 Å². The van der Waals surface area contributed by atoms with Gasteiger partial charge in [0.25, 0.3) is 0 Å². The van der Waals surface area contributed by atoms with Gasteiger partial charge in [0.1, 0.15) is 5.60 Å². The number of ether oxygens (including phenoxy) is 1. The van der Waals surface area contributed by atoms with Crippen molar-refractivity contribution in [3.8, 4) is 0 Å². The van der Waals surface area contributed by atoms with Crippen molar-refractivity contribution in [2.24, 2.45) is 11.8 Å². The summed E-state index contributed by atoms with van der Waals surface area (Å²) in [4.78, 5) is 12.8. The van der Waals surface area contributed by atoms with E-state index >= 15 is 0 Å². The van der Waals surface area contributed by atoms with Gasteiger partial charge in [0.2, 0.25) is 0 Å². The molecule has 2 rings (SSSR count). The van der Waals surface area contributed by atoms with Crippen molar-refractivity contribution >= 4 is 5.78 Å². The van der Waals surface area contributed by atoms with Crippen LogP contribution in [0.15, 0.2) is 0 Å². The Morgan fingerprint density at radius 3 is 2.22 bits per heavy atom. The van der Waals surface area contributed by atoms with Gasteiger partial charge in [0.15, 0.2) is 5.78 Å². The highest BCUT2D eigenvalue weighted by molar-refractivity contribution is 5.89. The van der Waals surface area contributed by atoms with Crippen molar-refractivity contribution in [3.05, 3.63) is 0 Å². The van der Waals surface area contributed by atoms with Gasteiger partial charge in [-0.15, -0.1) is 0 Å². The number of Topliss-reactive ketones (excluding diaryl/α,β-unsaturated/α-hetero) is 1. The Bertz CT molecular complexity index is 271. The Hall–Kier alpha value is -0.370. The Morgan fingerprint density at radius 2 is 1.72 bits per heavy atom.